The van der Waals surface area contributed by atoms with Gasteiger partial charge in [0.15, 0.2) is 0 Å². The molecule has 1 saturated heterocycles. The molecule has 1 amide bonds. The van der Waals surface area contributed by atoms with Crippen LogP contribution in [0.4, 0.5) is 11.4 Å². The molecule has 0 radical (unpaired) electrons. The van der Waals surface area contributed by atoms with Gasteiger partial charge in [-0.25, -0.2) is 0 Å². The maximum atomic E-state index is 12.3. The molecule has 1 aliphatic rings. The highest BCUT2D eigenvalue weighted by molar-refractivity contribution is 6.44. The fourth-order valence-electron chi connectivity index (χ4n) is 2.81. The summed E-state index contributed by atoms with van der Waals surface area (Å²) in [5.41, 5.74) is 1.69. The third-order valence-corrected chi connectivity index (χ3v) is 5.23. The number of rotatable bonds is 4. The molecule has 0 spiro atoms. The van der Waals surface area contributed by atoms with Crippen molar-refractivity contribution in [3.8, 4) is 0 Å². The van der Waals surface area contributed by atoms with Gasteiger partial charge in [-0.05, 0) is 36.4 Å². The lowest BCUT2D eigenvalue weighted by Crippen LogP contribution is -2.48. The van der Waals surface area contributed by atoms with E-state index in [0.29, 0.717) is 22.3 Å². The second kappa shape index (κ2) is 8.28. The molecule has 1 N–H and O–H groups in total. The summed E-state index contributed by atoms with van der Waals surface area (Å²) in [5, 5.41) is 4.35. The van der Waals surface area contributed by atoms with Crippen LogP contribution in [-0.2, 0) is 4.79 Å². The highest BCUT2D eigenvalue weighted by Gasteiger charge is 2.19. The lowest BCUT2D eigenvalue weighted by atomic mass is 10.2. The number of piperazine rings is 1. The molecule has 0 saturated carbocycles. The molecule has 0 unspecified atom stereocenters. The first-order chi connectivity index (χ1) is 12.0. The molecule has 4 nitrogen and oxygen atoms in total. The molecular weight excluding hydrogens is 381 g/mol. The first kappa shape index (κ1) is 18.3. The zero-order valence-corrected chi connectivity index (χ0v) is 15.8. The van der Waals surface area contributed by atoms with Crippen molar-refractivity contribution >= 4 is 52.1 Å². The number of anilines is 2. The van der Waals surface area contributed by atoms with Crippen LogP contribution < -0.4 is 10.2 Å². The first-order valence-electron chi connectivity index (χ1n) is 7.99. The minimum Gasteiger partial charge on any atom is -0.369 e. The largest absolute Gasteiger partial charge is 0.369 e. The van der Waals surface area contributed by atoms with E-state index in [1.54, 1.807) is 18.2 Å². The van der Waals surface area contributed by atoms with Crippen molar-refractivity contribution in [2.75, 3.05) is 42.9 Å². The van der Waals surface area contributed by atoms with E-state index in [4.69, 9.17) is 34.8 Å². The summed E-state index contributed by atoms with van der Waals surface area (Å²) in [6, 6.07) is 13.0. The number of hydrogen-bond donors (Lipinski definition) is 1. The lowest BCUT2D eigenvalue weighted by molar-refractivity contribution is -0.117. The molecule has 1 fully saturated rings. The highest BCUT2D eigenvalue weighted by atomic mass is 35.5. The standard InChI is InChI=1S/C18H18Cl3N3O/c19-13-4-6-14(7-5-13)24-10-8-23(9-11-24)12-17(25)22-16-3-1-2-15(20)18(16)21/h1-7H,8-12H2,(H,22,25). The Morgan fingerprint density at radius 3 is 2.32 bits per heavy atom. The fraction of sp³-hybridized carbons (Fsp3) is 0.278. The van der Waals surface area contributed by atoms with E-state index in [9.17, 15) is 4.79 Å². The normalized spacial score (nSPS) is 15.2. The van der Waals surface area contributed by atoms with Gasteiger partial charge < -0.3 is 10.2 Å². The smallest absolute Gasteiger partial charge is 0.238 e. The summed E-state index contributed by atoms with van der Waals surface area (Å²) in [6.45, 7) is 3.70. The van der Waals surface area contributed by atoms with Gasteiger partial charge in [0.2, 0.25) is 5.91 Å². The third-order valence-electron chi connectivity index (χ3n) is 4.16. The third kappa shape index (κ3) is 4.79. The summed E-state index contributed by atoms with van der Waals surface area (Å²) in [5.74, 6) is -0.0934. The first-order valence-corrected chi connectivity index (χ1v) is 9.13. The van der Waals surface area contributed by atoms with Gasteiger partial charge in [-0.2, -0.15) is 0 Å². The van der Waals surface area contributed by atoms with Crippen LogP contribution in [-0.4, -0.2) is 43.5 Å². The summed E-state index contributed by atoms with van der Waals surface area (Å²) < 4.78 is 0. The Morgan fingerprint density at radius 1 is 0.960 bits per heavy atom. The SMILES string of the molecule is O=C(CN1CCN(c2ccc(Cl)cc2)CC1)Nc1cccc(Cl)c1Cl. The summed E-state index contributed by atoms with van der Waals surface area (Å²) in [7, 11) is 0. The van der Waals surface area contributed by atoms with E-state index >= 15 is 0 Å². The second-order valence-electron chi connectivity index (χ2n) is 5.89. The van der Waals surface area contributed by atoms with Crippen molar-refractivity contribution < 1.29 is 4.79 Å². The second-order valence-corrected chi connectivity index (χ2v) is 7.11. The molecule has 2 aromatic rings. The topological polar surface area (TPSA) is 35.6 Å². The van der Waals surface area contributed by atoms with Gasteiger partial charge >= 0.3 is 0 Å². The van der Waals surface area contributed by atoms with Crippen molar-refractivity contribution in [3.63, 3.8) is 0 Å². The molecule has 1 heterocycles. The Kier molecular flexibility index (Phi) is 6.07. The minimum atomic E-state index is -0.0934. The molecule has 132 valence electrons. The molecule has 0 atom stereocenters. The van der Waals surface area contributed by atoms with Crippen molar-refractivity contribution in [1.82, 2.24) is 4.90 Å². The van der Waals surface area contributed by atoms with Gasteiger partial charge in [-0.1, -0.05) is 40.9 Å². The van der Waals surface area contributed by atoms with Gasteiger partial charge in [-0.15, -0.1) is 0 Å². The number of carbonyl (C=O) groups is 1. The van der Waals surface area contributed by atoms with E-state index in [-0.39, 0.29) is 5.91 Å². The molecule has 0 bridgehead atoms. The maximum Gasteiger partial charge on any atom is 0.238 e. The van der Waals surface area contributed by atoms with Gasteiger partial charge in [0.05, 0.1) is 22.3 Å². The number of carbonyl (C=O) groups excluding carboxylic acids is 1. The van der Waals surface area contributed by atoms with Crippen LogP contribution in [0.1, 0.15) is 0 Å². The highest BCUT2D eigenvalue weighted by Crippen LogP contribution is 2.29. The van der Waals surface area contributed by atoms with E-state index < -0.39 is 0 Å². The van der Waals surface area contributed by atoms with Crippen LogP contribution >= 0.6 is 34.8 Å². The average Bonchev–Trinajstić information content (AvgIpc) is 2.60. The summed E-state index contributed by atoms with van der Waals surface area (Å²) >= 11 is 18.0. The summed E-state index contributed by atoms with van der Waals surface area (Å²) in [6.07, 6.45) is 0. The number of halogens is 3. The van der Waals surface area contributed by atoms with Crippen LogP contribution in [0.25, 0.3) is 0 Å². The zero-order valence-electron chi connectivity index (χ0n) is 13.5. The molecule has 0 aromatic heterocycles. The lowest BCUT2D eigenvalue weighted by Gasteiger charge is -2.35. The van der Waals surface area contributed by atoms with Gasteiger partial charge in [0.1, 0.15) is 0 Å². The van der Waals surface area contributed by atoms with Crippen molar-refractivity contribution in [2.45, 2.75) is 0 Å². The molecule has 1 aliphatic heterocycles. The number of hydrogen-bond acceptors (Lipinski definition) is 3. The predicted molar refractivity (Wildman–Crippen MR) is 105 cm³/mol. The van der Waals surface area contributed by atoms with Crippen LogP contribution in [0.3, 0.4) is 0 Å². The van der Waals surface area contributed by atoms with Crippen molar-refractivity contribution in [1.29, 1.82) is 0 Å². The molecule has 0 aliphatic carbocycles. The van der Waals surface area contributed by atoms with E-state index in [0.717, 1.165) is 36.9 Å². The van der Waals surface area contributed by atoms with Crippen molar-refractivity contribution in [3.05, 3.63) is 57.5 Å². The monoisotopic (exact) mass is 397 g/mol. The maximum absolute atomic E-state index is 12.3. The van der Waals surface area contributed by atoms with Crippen molar-refractivity contribution in [2.24, 2.45) is 0 Å². The van der Waals surface area contributed by atoms with Crippen LogP contribution in [0.5, 0.6) is 0 Å². The zero-order chi connectivity index (χ0) is 17.8. The minimum absolute atomic E-state index is 0.0934. The van der Waals surface area contributed by atoms with Gasteiger partial charge in [0.25, 0.3) is 0 Å². The summed E-state index contributed by atoms with van der Waals surface area (Å²) in [4.78, 5) is 16.7. The van der Waals surface area contributed by atoms with Crippen LogP contribution in [0, 0.1) is 0 Å². The Morgan fingerprint density at radius 2 is 1.64 bits per heavy atom. The van der Waals surface area contributed by atoms with E-state index in [2.05, 4.69) is 15.1 Å². The van der Waals surface area contributed by atoms with Crippen LogP contribution in [0.2, 0.25) is 15.1 Å². The van der Waals surface area contributed by atoms with Gasteiger partial charge in [-0.3, -0.25) is 9.69 Å². The van der Waals surface area contributed by atoms with Crippen LogP contribution in [0.15, 0.2) is 42.5 Å². The molecule has 7 heteroatoms. The number of nitrogens with zero attached hydrogens (tertiary/aromatic N) is 2. The Balaban J connectivity index is 1.51. The Bertz CT molecular complexity index is 744. The molecule has 3 rings (SSSR count). The van der Waals surface area contributed by atoms with E-state index in [1.165, 1.54) is 0 Å². The molecule has 25 heavy (non-hydrogen) atoms. The van der Waals surface area contributed by atoms with E-state index in [1.807, 2.05) is 24.3 Å². The van der Waals surface area contributed by atoms with Gasteiger partial charge in [0, 0.05) is 36.9 Å². The fourth-order valence-corrected chi connectivity index (χ4v) is 3.28. The Labute approximate surface area is 162 Å². The number of amides is 1. The molecule has 2 aromatic carbocycles. The predicted octanol–water partition coefficient (Wildman–Crippen LogP) is 4.41. The Hall–Kier alpha value is -1.46. The quantitative estimate of drug-likeness (QED) is 0.829. The number of benzene rings is 2. The average molecular weight is 399 g/mol. The molecular formula is C18H18Cl3N3O. The number of nitrogens with one attached hydrogen (secondary N) is 1.